The van der Waals surface area contributed by atoms with Crippen LogP contribution in [0.5, 0.6) is 0 Å². The van der Waals surface area contributed by atoms with Crippen molar-refractivity contribution in [1.82, 2.24) is 29.6 Å². The molecule has 8 heteroatoms. The van der Waals surface area contributed by atoms with Gasteiger partial charge < -0.3 is 4.42 Å². The predicted octanol–water partition coefficient (Wildman–Crippen LogP) is 3.51. The van der Waals surface area contributed by atoms with E-state index in [1.165, 1.54) is 11.3 Å². The second-order valence-electron chi connectivity index (χ2n) is 5.69. The second-order valence-corrected chi connectivity index (χ2v) is 6.64. The predicted molar refractivity (Wildman–Crippen MR) is 87.4 cm³/mol. The Morgan fingerprint density at radius 1 is 1.17 bits per heavy atom. The van der Waals surface area contributed by atoms with Gasteiger partial charge in [0.1, 0.15) is 0 Å². The number of hydrogen-bond acceptors (Lipinski definition) is 6. The summed E-state index contributed by atoms with van der Waals surface area (Å²) in [6.07, 6.45) is 1.62. The Balaban J connectivity index is 1.88. The molecule has 0 aliphatic heterocycles. The second kappa shape index (κ2) is 5.02. The highest BCUT2D eigenvalue weighted by Gasteiger charge is 2.21. The maximum Gasteiger partial charge on any atom is 0.235 e. The average molecular weight is 328 g/mol. The Kier molecular flexibility index (Phi) is 3.08. The van der Waals surface area contributed by atoms with Crippen LogP contribution in [0.15, 0.2) is 22.8 Å². The summed E-state index contributed by atoms with van der Waals surface area (Å²) in [6, 6.07) is 3.99. The number of aryl methyl sites for hydroxylation is 1. The van der Waals surface area contributed by atoms with Gasteiger partial charge in [-0.15, -0.1) is 10.2 Å². The number of rotatable bonds is 3. The molecule has 0 spiro atoms. The first-order valence-electron chi connectivity index (χ1n) is 7.38. The molecule has 0 saturated carbocycles. The molecule has 0 atom stereocenters. The highest BCUT2D eigenvalue weighted by atomic mass is 32.1. The molecule has 4 aromatic heterocycles. The fraction of sp³-hybridized carbons (Fsp3) is 0.333. The number of nitrogens with zero attached hydrogens (tertiary/aromatic N) is 6. The first kappa shape index (κ1) is 14.1. The van der Waals surface area contributed by atoms with Crippen LogP contribution in [0, 0.1) is 13.8 Å². The fourth-order valence-corrected chi connectivity index (χ4v) is 3.74. The topological polar surface area (TPSA) is 74.0 Å². The van der Waals surface area contributed by atoms with Crippen molar-refractivity contribution in [3.05, 3.63) is 29.8 Å². The zero-order valence-corrected chi connectivity index (χ0v) is 14.1. The molecule has 4 aromatic rings. The van der Waals surface area contributed by atoms with E-state index in [9.17, 15) is 0 Å². The average Bonchev–Trinajstić information content (AvgIpc) is 3.21. The molecule has 0 amide bonds. The summed E-state index contributed by atoms with van der Waals surface area (Å²) in [6.45, 7) is 8.33. The fourth-order valence-electron chi connectivity index (χ4n) is 2.75. The van der Waals surface area contributed by atoms with E-state index in [1.54, 1.807) is 10.8 Å². The minimum Gasteiger partial charge on any atom is -0.461 e. The van der Waals surface area contributed by atoms with Crippen LogP contribution >= 0.6 is 11.3 Å². The Labute approximate surface area is 136 Å². The first-order valence-corrected chi connectivity index (χ1v) is 8.20. The third kappa shape index (κ3) is 2.09. The van der Waals surface area contributed by atoms with Crippen molar-refractivity contribution in [2.75, 3.05) is 0 Å². The summed E-state index contributed by atoms with van der Waals surface area (Å²) < 4.78 is 9.16. The van der Waals surface area contributed by atoms with Gasteiger partial charge in [0.05, 0.1) is 17.5 Å². The molecule has 0 aromatic carbocycles. The lowest BCUT2D eigenvalue weighted by atomic mass is 10.2. The van der Waals surface area contributed by atoms with Crippen molar-refractivity contribution in [2.45, 2.75) is 33.7 Å². The van der Waals surface area contributed by atoms with E-state index in [4.69, 9.17) is 9.52 Å². The standard InChI is InChI=1S/C15H16N6OS/c1-8(2)20-10(4)12(9(3)18-20)14-19-21-13(11-6-5-7-22-11)16-17-15(21)23-14/h5-8H,1-4H3. The number of furan rings is 1. The molecule has 118 valence electrons. The van der Waals surface area contributed by atoms with Crippen molar-refractivity contribution >= 4 is 16.3 Å². The first-order chi connectivity index (χ1) is 11.1. The third-order valence-electron chi connectivity index (χ3n) is 3.76. The van der Waals surface area contributed by atoms with Gasteiger partial charge in [-0.25, -0.2) is 0 Å². The smallest absolute Gasteiger partial charge is 0.235 e. The third-order valence-corrected chi connectivity index (χ3v) is 4.68. The lowest BCUT2D eigenvalue weighted by Crippen LogP contribution is -2.04. The van der Waals surface area contributed by atoms with Gasteiger partial charge in [0.2, 0.25) is 10.8 Å². The Morgan fingerprint density at radius 3 is 2.65 bits per heavy atom. The largest absolute Gasteiger partial charge is 0.461 e. The van der Waals surface area contributed by atoms with Gasteiger partial charge in [-0.1, -0.05) is 11.3 Å². The normalized spacial score (nSPS) is 11.9. The van der Waals surface area contributed by atoms with Gasteiger partial charge >= 0.3 is 0 Å². The van der Waals surface area contributed by atoms with Gasteiger partial charge in [0.25, 0.3) is 0 Å². The summed E-state index contributed by atoms with van der Waals surface area (Å²) in [5.41, 5.74) is 3.15. The zero-order chi connectivity index (χ0) is 16.1. The molecule has 0 unspecified atom stereocenters. The molecule has 0 aliphatic rings. The minimum atomic E-state index is 0.312. The zero-order valence-electron chi connectivity index (χ0n) is 13.3. The number of fused-ring (bicyclic) bond motifs is 1. The van der Waals surface area contributed by atoms with Crippen LogP contribution < -0.4 is 0 Å². The van der Waals surface area contributed by atoms with E-state index in [2.05, 4.69) is 36.1 Å². The van der Waals surface area contributed by atoms with Gasteiger partial charge in [0, 0.05) is 11.7 Å². The van der Waals surface area contributed by atoms with E-state index in [-0.39, 0.29) is 0 Å². The monoisotopic (exact) mass is 328 g/mol. The Hall–Kier alpha value is -2.48. The van der Waals surface area contributed by atoms with Crippen molar-refractivity contribution < 1.29 is 4.42 Å². The van der Waals surface area contributed by atoms with Crippen molar-refractivity contribution in [3.63, 3.8) is 0 Å². The summed E-state index contributed by atoms with van der Waals surface area (Å²) in [7, 11) is 0. The number of hydrogen-bond donors (Lipinski definition) is 0. The molecule has 0 fully saturated rings. The van der Waals surface area contributed by atoms with Crippen LogP contribution in [0.2, 0.25) is 0 Å². The molecule has 0 N–H and O–H groups in total. The molecule has 0 bridgehead atoms. The highest BCUT2D eigenvalue weighted by Crippen LogP contribution is 2.33. The molecule has 4 heterocycles. The Bertz CT molecular complexity index is 976. The van der Waals surface area contributed by atoms with Crippen molar-refractivity contribution in [3.8, 4) is 22.2 Å². The maximum atomic E-state index is 5.41. The highest BCUT2D eigenvalue weighted by molar-refractivity contribution is 7.19. The van der Waals surface area contributed by atoms with Crippen LogP contribution in [0.1, 0.15) is 31.3 Å². The SMILES string of the molecule is Cc1nn(C(C)C)c(C)c1-c1nn2c(-c3ccco3)nnc2s1. The van der Waals surface area contributed by atoms with E-state index in [0.717, 1.165) is 26.9 Å². The summed E-state index contributed by atoms with van der Waals surface area (Å²) in [5, 5.41) is 18.6. The van der Waals surface area contributed by atoms with E-state index >= 15 is 0 Å². The summed E-state index contributed by atoms with van der Waals surface area (Å²) >= 11 is 1.51. The van der Waals surface area contributed by atoms with Crippen LogP contribution in [0.25, 0.3) is 27.1 Å². The van der Waals surface area contributed by atoms with Gasteiger partial charge in [0.15, 0.2) is 10.8 Å². The molecule has 4 rings (SSSR count). The van der Waals surface area contributed by atoms with E-state index in [0.29, 0.717) is 17.6 Å². The lowest BCUT2D eigenvalue weighted by molar-refractivity contribution is 0.516. The summed E-state index contributed by atoms with van der Waals surface area (Å²) in [4.78, 5) is 0.738. The van der Waals surface area contributed by atoms with E-state index < -0.39 is 0 Å². The number of aromatic nitrogens is 6. The van der Waals surface area contributed by atoms with Crippen LogP contribution in [0.3, 0.4) is 0 Å². The van der Waals surface area contributed by atoms with Crippen LogP contribution in [0.4, 0.5) is 0 Å². The van der Waals surface area contributed by atoms with Gasteiger partial charge in [-0.3, -0.25) is 4.68 Å². The molecule has 0 radical (unpaired) electrons. The molecule has 23 heavy (non-hydrogen) atoms. The molecule has 0 saturated heterocycles. The van der Waals surface area contributed by atoms with Gasteiger partial charge in [-0.05, 0) is 39.8 Å². The Morgan fingerprint density at radius 2 is 2.00 bits per heavy atom. The van der Waals surface area contributed by atoms with Crippen LogP contribution in [-0.4, -0.2) is 29.6 Å². The van der Waals surface area contributed by atoms with Gasteiger partial charge in [-0.2, -0.15) is 14.7 Å². The molecular formula is C15H16N6OS. The maximum absolute atomic E-state index is 5.41. The minimum absolute atomic E-state index is 0.312. The van der Waals surface area contributed by atoms with Crippen LogP contribution in [-0.2, 0) is 0 Å². The molecule has 0 aliphatic carbocycles. The summed E-state index contributed by atoms with van der Waals surface area (Å²) in [5.74, 6) is 1.26. The molecular weight excluding hydrogens is 312 g/mol. The quantitative estimate of drug-likeness (QED) is 0.575. The molecule has 7 nitrogen and oxygen atoms in total. The lowest BCUT2D eigenvalue weighted by Gasteiger charge is -2.07. The van der Waals surface area contributed by atoms with E-state index in [1.807, 2.05) is 23.7 Å². The van der Waals surface area contributed by atoms with Crippen molar-refractivity contribution in [1.29, 1.82) is 0 Å². The van der Waals surface area contributed by atoms with Crippen molar-refractivity contribution in [2.24, 2.45) is 0 Å².